The number of nitriles is 1. The average molecular weight is 308 g/mol. The van der Waals surface area contributed by atoms with Crippen LogP contribution in [-0.4, -0.2) is 11.2 Å². The Bertz CT molecular complexity index is 747. The third kappa shape index (κ3) is 3.15. The van der Waals surface area contributed by atoms with Gasteiger partial charge in [-0.25, -0.2) is 0 Å². The van der Waals surface area contributed by atoms with E-state index in [0.717, 1.165) is 17.7 Å². The minimum absolute atomic E-state index is 0.0342. The maximum atomic E-state index is 12.4. The zero-order valence-corrected chi connectivity index (χ0v) is 13.1. The molecule has 2 aromatic rings. The number of fused-ring (bicyclic) bond motifs is 1. The summed E-state index contributed by atoms with van der Waals surface area (Å²) >= 11 is 1.63. The quantitative estimate of drug-likeness (QED) is 0.940. The van der Waals surface area contributed by atoms with Crippen LogP contribution >= 0.6 is 11.8 Å². The number of anilines is 1. The van der Waals surface area contributed by atoms with Crippen molar-refractivity contribution in [2.45, 2.75) is 29.9 Å². The van der Waals surface area contributed by atoms with E-state index in [1.807, 2.05) is 24.3 Å². The number of nitrogens with zero attached hydrogens (tertiary/aromatic N) is 1. The van der Waals surface area contributed by atoms with Crippen molar-refractivity contribution in [2.75, 3.05) is 5.32 Å². The topological polar surface area (TPSA) is 52.9 Å². The maximum absolute atomic E-state index is 12.4. The molecule has 0 saturated heterocycles. The molecule has 0 radical (unpaired) electrons. The zero-order valence-electron chi connectivity index (χ0n) is 12.3. The summed E-state index contributed by atoms with van der Waals surface area (Å²) in [5, 5.41) is 11.5. The standard InChI is InChI=1S/C18H16N2OS/c1-12-2-5-14-11-17(22-16(14)10-12)18(21)20-15-6-3-13(4-7-15)8-9-19/h2-7,10,17H,8,11H2,1H3,(H,20,21)/t17-/m0/s1. The molecule has 0 fully saturated rings. The summed E-state index contributed by atoms with van der Waals surface area (Å²) in [5.41, 5.74) is 4.21. The average Bonchev–Trinajstić information content (AvgIpc) is 2.92. The van der Waals surface area contributed by atoms with E-state index >= 15 is 0 Å². The van der Waals surface area contributed by atoms with E-state index < -0.39 is 0 Å². The molecule has 1 atom stereocenters. The van der Waals surface area contributed by atoms with E-state index in [-0.39, 0.29) is 11.2 Å². The van der Waals surface area contributed by atoms with E-state index in [9.17, 15) is 4.79 Å². The summed E-state index contributed by atoms with van der Waals surface area (Å²) in [6, 6.07) is 15.9. The second-order valence-corrected chi connectivity index (χ2v) is 6.69. The van der Waals surface area contributed by atoms with Crippen molar-refractivity contribution >= 4 is 23.4 Å². The first-order valence-corrected chi connectivity index (χ1v) is 8.06. The lowest BCUT2D eigenvalue weighted by Gasteiger charge is -2.10. The van der Waals surface area contributed by atoms with Gasteiger partial charge >= 0.3 is 0 Å². The first-order chi connectivity index (χ1) is 10.7. The third-order valence-electron chi connectivity index (χ3n) is 3.69. The number of benzene rings is 2. The molecule has 0 saturated carbocycles. The van der Waals surface area contributed by atoms with Gasteiger partial charge in [0.2, 0.25) is 5.91 Å². The van der Waals surface area contributed by atoms with Gasteiger partial charge in [0.15, 0.2) is 0 Å². The molecular formula is C18H16N2OS. The number of hydrogen-bond donors (Lipinski definition) is 1. The molecule has 0 aromatic heterocycles. The Balaban J connectivity index is 1.65. The van der Waals surface area contributed by atoms with E-state index in [0.29, 0.717) is 6.42 Å². The van der Waals surface area contributed by atoms with Crippen LogP contribution in [0.1, 0.15) is 16.7 Å². The molecule has 0 unspecified atom stereocenters. The highest BCUT2D eigenvalue weighted by atomic mass is 32.2. The predicted octanol–water partition coefficient (Wildman–Crippen LogP) is 3.72. The minimum atomic E-state index is -0.0735. The second kappa shape index (κ2) is 6.25. The van der Waals surface area contributed by atoms with E-state index in [1.54, 1.807) is 11.8 Å². The predicted molar refractivity (Wildman–Crippen MR) is 88.9 cm³/mol. The zero-order chi connectivity index (χ0) is 15.5. The van der Waals surface area contributed by atoms with E-state index in [4.69, 9.17) is 5.26 Å². The van der Waals surface area contributed by atoms with Crippen LogP contribution in [0.2, 0.25) is 0 Å². The fourth-order valence-electron chi connectivity index (χ4n) is 2.50. The Kier molecular flexibility index (Phi) is 4.17. The molecule has 1 aliphatic heterocycles. The molecule has 1 heterocycles. The Morgan fingerprint density at radius 1 is 1.32 bits per heavy atom. The number of carbonyl (C=O) groups excluding carboxylic acids is 1. The second-order valence-electron chi connectivity index (χ2n) is 5.44. The van der Waals surface area contributed by atoms with Crippen molar-refractivity contribution in [1.29, 1.82) is 5.26 Å². The lowest BCUT2D eigenvalue weighted by molar-refractivity contribution is -0.115. The molecule has 110 valence electrons. The first kappa shape index (κ1) is 14.7. The van der Waals surface area contributed by atoms with Gasteiger partial charge in [-0.1, -0.05) is 29.8 Å². The van der Waals surface area contributed by atoms with Crippen molar-refractivity contribution in [3.63, 3.8) is 0 Å². The highest BCUT2D eigenvalue weighted by molar-refractivity contribution is 8.01. The molecule has 3 rings (SSSR count). The van der Waals surface area contributed by atoms with Crippen molar-refractivity contribution in [1.82, 2.24) is 0 Å². The molecule has 1 amide bonds. The number of rotatable bonds is 3. The molecule has 22 heavy (non-hydrogen) atoms. The molecule has 0 bridgehead atoms. The van der Waals surface area contributed by atoms with Gasteiger partial charge in [-0.05, 0) is 42.7 Å². The fourth-order valence-corrected chi connectivity index (χ4v) is 3.79. The Labute approximate surface area is 134 Å². The van der Waals surface area contributed by atoms with Gasteiger partial charge in [0.25, 0.3) is 0 Å². The van der Waals surface area contributed by atoms with Gasteiger partial charge in [0, 0.05) is 10.6 Å². The number of nitrogens with one attached hydrogen (secondary N) is 1. The van der Waals surface area contributed by atoms with Crippen LogP contribution in [0, 0.1) is 18.3 Å². The van der Waals surface area contributed by atoms with Gasteiger partial charge in [0.1, 0.15) is 0 Å². The van der Waals surface area contributed by atoms with Gasteiger partial charge in [0.05, 0.1) is 17.7 Å². The number of aryl methyl sites for hydroxylation is 1. The Morgan fingerprint density at radius 3 is 2.82 bits per heavy atom. The fraction of sp³-hybridized carbons (Fsp3) is 0.222. The Morgan fingerprint density at radius 2 is 2.09 bits per heavy atom. The summed E-state index contributed by atoms with van der Waals surface area (Å²) in [4.78, 5) is 13.6. The summed E-state index contributed by atoms with van der Waals surface area (Å²) in [6.45, 7) is 2.07. The van der Waals surface area contributed by atoms with Gasteiger partial charge in [-0.2, -0.15) is 5.26 Å². The summed E-state index contributed by atoms with van der Waals surface area (Å²) in [7, 11) is 0. The maximum Gasteiger partial charge on any atom is 0.238 e. The highest BCUT2D eigenvalue weighted by Gasteiger charge is 2.28. The molecule has 1 N–H and O–H groups in total. The number of amides is 1. The van der Waals surface area contributed by atoms with Crippen LogP contribution in [0.4, 0.5) is 5.69 Å². The third-order valence-corrected chi connectivity index (χ3v) is 4.99. The van der Waals surface area contributed by atoms with E-state index in [1.165, 1.54) is 16.0 Å². The molecule has 0 spiro atoms. The van der Waals surface area contributed by atoms with Crippen LogP contribution < -0.4 is 5.32 Å². The first-order valence-electron chi connectivity index (χ1n) is 7.18. The number of carbonyl (C=O) groups is 1. The van der Waals surface area contributed by atoms with Crippen LogP contribution in [-0.2, 0) is 17.6 Å². The van der Waals surface area contributed by atoms with Crippen LogP contribution in [0.25, 0.3) is 0 Å². The van der Waals surface area contributed by atoms with Gasteiger partial charge < -0.3 is 5.32 Å². The SMILES string of the molecule is Cc1ccc2c(c1)S[C@H](C(=O)Nc1ccc(CC#N)cc1)C2. The van der Waals surface area contributed by atoms with Crippen LogP contribution in [0.15, 0.2) is 47.4 Å². The monoisotopic (exact) mass is 308 g/mol. The molecule has 2 aromatic carbocycles. The summed E-state index contributed by atoms with van der Waals surface area (Å²) in [6.07, 6.45) is 1.17. The number of hydrogen-bond acceptors (Lipinski definition) is 3. The minimum Gasteiger partial charge on any atom is -0.325 e. The molecular weight excluding hydrogens is 292 g/mol. The van der Waals surface area contributed by atoms with Crippen molar-refractivity contribution in [3.05, 3.63) is 59.2 Å². The molecule has 3 nitrogen and oxygen atoms in total. The van der Waals surface area contributed by atoms with E-state index in [2.05, 4.69) is 36.5 Å². The lowest BCUT2D eigenvalue weighted by Crippen LogP contribution is -2.24. The lowest BCUT2D eigenvalue weighted by atomic mass is 10.1. The van der Waals surface area contributed by atoms with Gasteiger partial charge in [-0.15, -0.1) is 11.8 Å². The van der Waals surface area contributed by atoms with Crippen molar-refractivity contribution in [2.24, 2.45) is 0 Å². The van der Waals surface area contributed by atoms with Crippen molar-refractivity contribution in [3.8, 4) is 6.07 Å². The summed E-state index contributed by atoms with van der Waals surface area (Å²) < 4.78 is 0. The largest absolute Gasteiger partial charge is 0.325 e. The molecule has 4 heteroatoms. The highest BCUT2D eigenvalue weighted by Crippen LogP contribution is 2.38. The molecule has 0 aliphatic carbocycles. The molecule has 1 aliphatic rings. The smallest absolute Gasteiger partial charge is 0.238 e. The normalized spacial score (nSPS) is 15.9. The number of thioether (sulfide) groups is 1. The van der Waals surface area contributed by atoms with Crippen LogP contribution in [0.3, 0.4) is 0 Å². The van der Waals surface area contributed by atoms with Gasteiger partial charge in [-0.3, -0.25) is 4.79 Å². The van der Waals surface area contributed by atoms with Crippen molar-refractivity contribution < 1.29 is 4.79 Å². The van der Waals surface area contributed by atoms with Crippen LogP contribution in [0.5, 0.6) is 0 Å². The Hall–Kier alpha value is -2.25. The summed E-state index contributed by atoms with van der Waals surface area (Å²) in [5.74, 6) is 0.0342.